The van der Waals surface area contributed by atoms with Crippen molar-refractivity contribution in [3.05, 3.63) is 63.6 Å². The molecule has 2 aromatic rings. The molecule has 0 unspecified atom stereocenters. The lowest BCUT2D eigenvalue weighted by Crippen LogP contribution is -2.53. The van der Waals surface area contributed by atoms with Crippen molar-refractivity contribution in [3.63, 3.8) is 0 Å². The van der Waals surface area contributed by atoms with Gasteiger partial charge in [0, 0.05) is 21.6 Å². The van der Waals surface area contributed by atoms with Gasteiger partial charge in [-0.25, -0.2) is 0 Å². The van der Waals surface area contributed by atoms with Crippen molar-refractivity contribution in [1.82, 2.24) is 10.2 Å². The minimum Gasteiger partial charge on any atom is -0.484 e. The number of benzene rings is 2. The average Bonchev–Trinajstić information content (AvgIpc) is 2.65. The van der Waals surface area contributed by atoms with Crippen LogP contribution in [0.5, 0.6) is 5.75 Å². The van der Waals surface area contributed by atoms with Gasteiger partial charge in [0.05, 0.1) is 0 Å². The Morgan fingerprint density at radius 1 is 1.10 bits per heavy atom. The molecule has 29 heavy (non-hydrogen) atoms. The van der Waals surface area contributed by atoms with E-state index in [1.54, 1.807) is 31.2 Å². The first kappa shape index (κ1) is 23.2. The number of hydrogen-bond acceptors (Lipinski definition) is 3. The lowest BCUT2D eigenvalue weighted by molar-refractivity contribution is -0.142. The van der Waals surface area contributed by atoms with Crippen LogP contribution in [0.2, 0.25) is 5.02 Å². The Morgan fingerprint density at radius 2 is 1.69 bits per heavy atom. The number of ether oxygens (including phenoxy) is 1. The maximum absolute atomic E-state index is 13.0. The van der Waals surface area contributed by atoms with Crippen LogP contribution in [0.4, 0.5) is 0 Å². The first-order valence-corrected chi connectivity index (χ1v) is 10.5. The van der Waals surface area contributed by atoms with E-state index in [9.17, 15) is 9.59 Å². The van der Waals surface area contributed by atoms with Crippen LogP contribution in [0.15, 0.2) is 53.0 Å². The largest absolute Gasteiger partial charge is 0.484 e. The average molecular weight is 482 g/mol. The summed E-state index contributed by atoms with van der Waals surface area (Å²) >= 11 is 9.32. The highest BCUT2D eigenvalue weighted by molar-refractivity contribution is 9.10. The first-order valence-electron chi connectivity index (χ1n) is 9.29. The fourth-order valence-electron chi connectivity index (χ4n) is 2.60. The third kappa shape index (κ3) is 7.71. The smallest absolute Gasteiger partial charge is 0.261 e. The normalized spacial score (nSPS) is 12.2. The van der Waals surface area contributed by atoms with Gasteiger partial charge in [-0.05, 0) is 69.7 Å². The van der Waals surface area contributed by atoms with E-state index < -0.39 is 11.6 Å². The van der Waals surface area contributed by atoms with Crippen LogP contribution in [-0.2, 0) is 16.1 Å². The highest BCUT2D eigenvalue weighted by Crippen LogP contribution is 2.18. The summed E-state index contributed by atoms with van der Waals surface area (Å²) in [5.41, 5.74) is 0.482. The second-order valence-electron chi connectivity index (χ2n) is 7.81. The zero-order chi connectivity index (χ0) is 21.6. The molecule has 7 heteroatoms. The zero-order valence-electron chi connectivity index (χ0n) is 17.0. The number of rotatable bonds is 7. The lowest BCUT2D eigenvalue weighted by atomic mass is 10.1. The van der Waals surface area contributed by atoms with Gasteiger partial charge in [0.25, 0.3) is 5.91 Å². The van der Waals surface area contributed by atoms with E-state index >= 15 is 0 Å². The van der Waals surface area contributed by atoms with Gasteiger partial charge in [-0.3, -0.25) is 9.59 Å². The molecule has 0 heterocycles. The summed E-state index contributed by atoms with van der Waals surface area (Å²) in [5.74, 6) is 0.0858. The fourth-order valence-corrected chi connectivity index (χ4v) is 2.99. The summed E-state index contributed by atoms with van der Waals surface area (Å²) in [6.07, 6.45) is 0. The second kappa shape index (κ2) is 10.1. The third-order valence-electron chi connectivity index (χ3n) is 4.11. The standard InChI is InChI=1S/C22H26BrClN2O3/c1-15(21(28)25-22(2,3)4)26(13-16-5-9-18(24)10-6-16)20(27)14-29-19-11-7-17(23)8-12-19/h5-12,15H,13-14H2,1-4H3,(H,25,28)/t15-/m1/s1. The monoisotopic (exact) mass is 480 g/mol. The van der Waals surface area contributed by atoms with E-state index in [0.717, 1.165) is 10.0 Å². The first-order chi connectivity index (χ1) is 13.5. The molecular weight excluding hydrogens is 456 g/mol. The molecular formula is C22H26BrClN2O3. The van der Waals surface area contributed by atoms with Gasteiger partial charge in [0.2, 0.25) is 5.91 Å². The van der Waals surface area contributed by atoms with Crippen molar-refractivity contribution in [2.24, 2.45) is 0 Å². The number of amides is 2. The molecule has 0 fully saturated rings. The molecule has 0 aliphatic carbocycles. The van der Waals surface area contributed by atoms with E-state index in [4.69, 9.17) is 16.3 Å². The van der Waals surface area contributed by atoms with Crippen molar-refractivity contribution >= 4 is 39.3 Å². The molecule has 0 spiro atoms. The molecule has 1 atom stereocenters. The van der Waals surface area contributed by atoms with Crippen molar-refractivity contribution < 1.29 is 14.3 Å². The van der Waals surface area contributed by atoms with Gasteiger partial charge >= 0.3 is 0 Å². The molecule has 1 N–H and O–H groups in total. The topological polar surface area (TPSA) is 58.6 Å². The number of hydrogen-bond donors (Lipinski definition) is 1. The maximum Gasteiger partial charge on any atom is 0.261 e. The molecule has 2 rings (SSSR count). The zero-order valence-corrected chi connectivity index (χ0v) is 19.4. The van der Waals surface area contributed by atoms with Gasteiger partial charge in [-0.1, -0.05) is 39.7 Å². The third-order valence-corrected chi connectivity index (χ3v) is 4.89. The fraction of sp³-hybridized carbons (Fsp3) is 0.364. The van der Waals surface area contributed by atoms with E-state index in [1.165, 1.54) is 4.90 Å². The summed E-state index contributed by atoms with van der Waals surface area (Å²) in [5, 5.41) is 3.54. The molecule has 0 saturated carbocycles. The minimum atomic E-state index is -0.661. The van der Waals surface area contributed by atoms with Gasteiger partial charge in [0.15, 0.2) is 6.61 Å². The van der Waals surface area contributed by atoms with E-state index in [0.29, 0.717) is 10.8 Å². The Morgan fingerprint density at radius 3 is 2.24 bits per heavy atom. The predicted molar refractivity (Wildman–Crippen MR) is 119 cm³/mol. The Hall–Kier alpha value is -2.05. The van der Waals surface area contributed by atoms with Gasteiger partial charge in [-0.15, -0.1) is 0 Å². The van der Waals surface area contributed by atoms with Crippen molar-refractivity contribution in [1.29, 1.82) is 0 Å². The van der Waals surface area contributed by atoms with Crippen molar-refractivity contribution in [3.8, 4) is 5.75 Å². The molecule has 0 aliphatic rings. The number of carbonyl (C=O) groups is 2. The van der Waals surface area contributed by atoms with Crippen LogP contribution in [-0.4, -0.2) is 34.9 Å². The Labute approximate surface area is 185 Å². The molecule has 0 bridgehead atoms. The lowest BCUT2D eigenvalue weighted by Gasteiger charge is -2.31. The van der Waals surface area contributed by atoms with E-state index in [-0.39, 0.29) is 25.0 Å². The number of halogens is 2. The number of nitrogens with zero attached hydrogens (tertiary/aromatic N) is 1. The predicted octanol–water partition coefficient (Wildman–Crippen LogP) is 4.81. The van der Waals surface area contributed by atoms with Gasteiger partial charge < -0.3 is 15.0 Å². The highest BCUT2D eigenvalue weighted by Gasteiger charge is 2.28. The highest BCUT2D eigenvalue weighted by atomic mass is 79.9. The Balaban J connectivity index is 2.15. The van der Waals surface area contributed by atoms with E-state index in [1.807, 2.05) is 45.0 Å². The molecule has 2 amide bonds. The van der Waals surface area contributed by atoms with Crippen LogP contribution in [0, 0.1) is 0 Å². The number of nitrogens with one attached hydrogen (secondary N) is 1. The van der Waals surface area contributed by atoms with Crippen LogP contribution in [0.25, 0.3) is 0 Å². The summed E-state index contributed by atoms with van der Waals surface area (Å²) in [7, 11) is 0. The quantitative estimate of drug-likeness (QED) is 0.617. The molecule has 0 aliphatic heterocycles. The number of carbonyl (C=O) groups excluding carboxylic acids is 2. The molecule has 2 aromatic carbocycles. The van der Waals surface area contributed by atoms with Crippen LogP contribution in [0.3, 0.4) is 0 Å². The summed E-state index contributed by atoms with van der Waals surface area (Å²) in [6.45, 7) is 7.54. The molecule has 156 valence electrons. The minimum absolute atomic E-state index is 0.164. The maximum atomic E-state index is 13.0. The van der Waals surface area contributed by atoms with Crippen molar-refractivity contribution in [2.75, 3.05) is 6.61 Å². The van der Waals surface area contributed by atoms with Crippen LogP contribution in [0.1, 0.15) is 33.3 Å². The van der Waals surface area contributed by atoms with Gasteiger partial charge in [-0.2, -0.15) is 0 Å². The second-order valence-corrected chi connectivity index (χ2v) is 9.16. The summed E-state index contributed by atoms with van der Waals surface area (Å²) < 4.78 is 6.55. The molecule has 0 aromatic heterocycles. The summed E-state index contributed by atoms with van der Waals surface area (Å²) in [6, 6.07) is 13.8. The van der Waals surface area contributed by atoms with Crippen molar-refractivity contribution in [2.45, 2.75) is 45.8 Å². The van der Waals surface area contributed by atoms with Gasteiger partial charge in [0.1, 0.15) is 11.8 Å². The van der Waals surface area contributed by atoms with Crippen LogP contribution >= 0.6 is 27.5 Å². The summed E-state index contributed by atoms with van der Waals surface area (Å²) in [4.78, 5) is 27.2. The molecule has 5 nitrogen and oxygen atoms in total. The van der Waals surface area contributed by atoms with Crippen LogP contribution < -0.4 is 10.1 Å². The Kier molecular flexibility index (Phi) is 8.11. The SMILES string of the molecule is C[C@H](C(=O)NC(C)(C)C)N(Cc1ccc(Cl)cc1)C(=O)COc1ccc(Br)cc1. The molecule has 0 saturated heterocycles. The Bertz CT molecular complexity index is 833. The molecule has 0 radical (unpaired) electrons. The van der Waals surface area contributed by atoms with E-state index in [2.05, 4.69) is 21.2 Å².